The van der Waals surface area contributed by atoms with Crippen molar-refractivity contribution in [3.05, 3.63) is 40.1 Å². The third-order valence-electron chi connectivity index (χ3n) is 5.20. The van der Waals surface area contributed by atoms with E-state index in [1.165, 1.54) is 6.07 Å². The quantitative estimate of drug-likeness (QED) is 0.381. The molecular formula is C17H15BrClF2N3. The van der Waals surface area contributed by atoms with Gasteiger partial charge in [0.15, 0.2) is 5.82 Å². The minimum atomic E-state index is -0.757. The molecule has 0 N–H and O–H groups in total. The first-order chi connectivity index (χ1) is 11.5. The summed E-state index contributed by atoms with van der Waals surface area (Å²) in [5.41, 5.74) is 0.0301. The lowest BCUT2D eigenvalue weighted by Gasteiger charge is -2.51. The fourth-order valence-electron chi connectivity index (χ4n) is 4.14. The van der Waals surface area contributed by atoms with Gasteiger partial charge in [-0.05, 0) is 65.2 Å². The topological polar surface area (TPSA) is 29.0 Å². The van der Waals surface area contributed by atoms with Gasteiger partial charge < -0.3 is 4.90 Å². The van der Waals surface area contributed by atoms with Gasteiger partial charge in [-0.3, -0.25) is 0 Å². The first kappa shape index (κ1) is 16.2. The maximum Gasteiger partial charge on any atom is 0.225 e. The van der Waals surface area contributed by atoms with Crippen molar-refractivity contribution in [2.45, 2.75) is 37.8 Å². The molecule has 1 aromatic carbocycles. The van der Waals surface area contributed by atoms with Gasteiger partial charge in [0.2, 0.25) is 5.28 Å². The van der Waals surface area contributed by atoms with Gasteiger partial charge in [0.05, 0.1) is 10.5 Å². The highest BCUT2D eigenvalue weighted by molar-refractivity contribution is 9.10. The van der Waals surface area contributed by atoms with Gasteiger partial charge in [0.1, 0.15) is 17.2 Å². The predicted octanol–water partition coefficient (Wildman–Crippen LogP) is 5.26. The maximum absolute atomic E-state index is 14.5. The van der Waals surface area contributed by atoms with Crippen LogP contribution in [-0.4, -0.2) is 22.1 Å². The highest BCUT2D eigenvalue weighted by Crippen LogP contribution is 2.44. The van der Waals surface area contributed by atoms with E-state index < -0.39 is 11.6 Å². The van der Waals surface area contributed by atoms with E-state index in [9.17, 15) is 8.78 Å². The Hall–Kier alpha value is -1.27. The maximum atomic E-state index is 14.5. The number of hydrogen-bond acceptors (Lipinski definition) is 3. The largest absolute Gasteiger partial charge is 0.346 e. The third kappa shape index (κ3) is 2.34. The van der Waals surface area contributed by atoms with Crippen molar-refractivity contribution in [3.63, 3.8) is 0 Å². The minimum absolute atomic E-state index is 0.0301. The molecule has 3 nitrogen and oxygen atoms in total. The Labute approximate surface area is 151 Å². The summed E-state index contributed by atoms with van der Waals surface area (Å²) >= 11 is 8.97. The molecule has 3 heterocycles. The molecule has 7 heteroatoms. The van der Waals surface area contributed by atoms with Crippen molar-refractivity contribution in [1.82, 2.24) is 9.97 Å². The summed E-state index contributed by atoms with van der Waals surface area (Å²) in [5, 5.41) is 0.302. The SMILES string of the molecule is C=CC1C2CCC(CC2)N1c1nc(Cl)nc2c(F)c(Br)c(F)cc12. The number of nitrogens with zero attached hydrogens (tertiary/aromatic N) is 3. The lowest BCUT2D eigenvalue weighted by molar-refractivity contribution is 0.215. The summed E-state index contributed by atoms with van der Waals surface area (Å²) in [6.45, 7) is 3.96. The molecule has 0 spiro atoms. The van der Waals surface area contributed by atoms with Crippen LogP contribution in [0, 0.1) is 17.6 Å². The van der Waals surface area contributed by atoms with Gasteiger partial charge in [-0.15, -0.1) is 6.58 Å². The van der Waals surface area contributed by atoms with Gasteiger partial charge in [0, 0.05) is 11.4 Å². The highest BCUT2D eigenvalue weighted by Gasteiger charge is 2.41. The number of rotatable bonds is 2. The second kappa shape index (κ2) is 5.92. The van der Waals surface area contributed by atoms with Crippen LogP contribution in [0.25, 0.3) is 10.9 Å². The van der Waals surface area contributed by atoms with E-state index in [4.69, 9.17) is 11.6 Å². The number of hydrogen-bond donors (Lipinski definition) is 0. The van der Waals surface area contributed by atoms with Gasteiger partial charge in [-0.25, -0.2) is 13.8 Å². The normalized spacial score (nSPS) is 26.2. The fraction of sp³-hybridized carbons (Fsp3) is 0.412. The summed E-state index contributed by atoms with van der Waals surface area (Å²) in [7, 11) is 0. The van der Waals surface area contributed by atoms with E-state index in [2.05, 4.69) is 37.4 Å². The van der Waals surface area contributed by atoms with Crippen molar-refractivity contribution in [1.29, 1.82) is 0 Å². The molecule has 0 amide bonds. The van der Waals surface area contributed by atoms with Crippen molar-refractivity contribution in [2.24, 2.45) is 5.92 Å². The van der Waals surface area contributed by atoms with E-state index >= 15 is 0 Å². The van der Waals surface area contributed by atoms with Crippen LogP contribution in [0.4, 0.5) is 14.6 Å². The molecular weight excluding hydrogens is 400 g/mol. The van der Waals surface area contributed by atoms with Crippen molar-refractivity contribution < 1.29 is 8.78 Å². The van der Waals surface area contributed by atoms with E-state index in [-0.39, 0.29) is 27.4 Å². The Balaban J connectivity index is 1.98. The molecule has 24 heavy (non-hydrogen) atoms. The molecule has 2 saturated heterocycles. The average Bonchev–Trinajstić information content (AvgIpc) is 2.60. The van der Waals surface area contributed by atoms with Crippen LogP contribution in [-0.2, 0) is 0 Å². The zero-order valence-corrected chi connectivity index (χ0v) is 15.1. The molecule has 0 radical (unpaired) electrons. The molecule has 2 aromatic rings. The first-order valence-electron chi connectivity index (χ1n) is 7.93. The Morgan fingerprint density at radius 1 is 1.25 bits per heavy atom. The molecule has 3 aliphatic rings. The molecule has 1 atom stereocenters. The summed E-state index contributed by atoms with van der Waals surface area (Å²) in [4.78, 5) is 10.4. The number of piperidine rings is 2. The predicted molar refractivity (Wildman–Crippen MR) is 94.4 cm³/mol. The molecule has 2 bridgehead atoms. The smallest absolute Gasteiger partial charge is 0.225 e. The fourth-order valence-corrected chi connectivity index (χ4v) is 4.61. The van der Waals surface area contributed by atoms with Gasteiger partial charge >= 0.3 is 0 Å². The Bertz CT molecular complexity index is 836. The number of halogens is 4. The molecule has 126 valence electrons. The Morgan fingerprint density at radius 3 is 2.62 bits per heavy atom. The van der Waals surface area contributed by atoms with Crippen LogP contribution >= 0.6 is 27.5 Å². The lowest BCUT2D eigenvalue weighted by atomic mass is 9.74. The average molecular weight is 415 g/mol. The Morgan fingerprint density at radius 2 is 1.96 bits per heavy atom. The van der Waals surface area contributed by atoms with Crippen molar-refractivity contribution >= 4 is 44.3 Å². The number of aromatic nitrogens is 2. The zero-order chi connectivity index (χ0) is 17.0. The van der Waals surface area contributed by atoms with E-state index in [1.807, 2.05) is 6.08 Å². The molecule has 3 fully saturated rings. The third-order valence-corrected chi connectivity index (χ3v) is 6.10. The summed E-state index contributed by atoms with van der Waals surface area (Å²) in [6.07, 6.45) is 6.27. The molecule has 2 aliphatic heterocycles. The molecule has 1 unspecified atom stereocenters. The monoisotopic (exact) mass is 413 g/mol. The van der Waals surface area contributed by atoms with Crippen LogP contribution in [0.2, 0.25) is 5.28 Å². The molecule has 5 rings (SSSR count). The van der Waals surface area contributed by atoms with E-state index in [0.717, 1.165) is 25.7 Å². The second-order valence-corrected chi connectivity index (χ2v) is 7.53. The lowest BCUT2D eigenvalue weighted by Crippen LogP contribution is -2.55. The first-order valence-corrected chi connectivity index (χ1v) is 9.10. The van der Waals surface area contributed by atoms with Gasteiger partial charge in [0.25, 0.3) is 0 Å². The summed E-state index contributed by atoms with van der Waals surface area (Å²) in [5.74, 6) is -0.451. The number of benzene rings is 1. The van der Waals surface area contributed by atoms with Crippen LogP contribution < -0.4 is 4.90 Å². The Kier molecular flexibility index (Phi) is 4.00. The van der Waals surface area contributed by atoms with E-state index in [1.54, 1.807) is 0 Å². The summed E-state index contributed by atoms with van der Waals surface area (Å²) < 4.78 is 28.3. The van der Waals surface area contributed by atoms with Crippen LogP contribution in [0.1, 0.15) is 25.7 Å². The van der Waals surface area contributed by atoms with Crippen molar-refractivity contribution in [2.75, 3.05) is 4.90 Å². The molecule has 1 saturated carbocycles. The highest BCUT2D eigenvalue weighted by atomic mass is 79.9. The van der Waals surface area contributed by atoms with E-state index in [0.29, 0.717) is 17.1 Å². The molecule has 1 aliphatic carbocycles. The van der Waals surface area contributed by atoms with Crippen LogP contribution in [0.5, 0.6) is 0 Å². The minimum Gasteiger partial charge on any atom is -0.346 e. The second-order valence-electron chi connectivity index (χ2n) is 6.40. The van der Waals surface area contributed by atoms with Crippen LogP contribution in [0.3, 0.4) is 0 Å². The summed E-state index contributed by atoms with van der Waals surface area (Å²) in [6, 6.07) is 1.65. The van der Waals surface area contributed by atoms with Crippen molar-refractivity contribution in [3.8, 4) is 0 Å². The van der Waals surface area contributed by atoms with Gasteiger partial charge in [-0.2, -0.15) is 4.98 Å². The van der Waals surface area contributed by atoms with Crippen LogP contribution in [0.15, 0.2) is 23.2 Å². The zero-order valence-electron chi connectivity index (χ0n) is 12.8. The molecule has 1 aromatic heterocycles. The standard InChI is InChI=1S/C17H15BrClF2N3/c1-2-12-8-3-5-9(6-4-8)24(12)16-10-7-11(20)13(18)14(21)15(10)22-17(19)23-16/h2,7-9,12H,1,3-6H2. The van der Waals surface area contributed by atoms with Gasteiger partial charge in [-0.1, -0.05) is 6.08 Å². The number of anilines is 1. The number of fused-ring (bicyclic) bond motifs is 4.